The Morgan fingerprint density at radius 2 is 1.78 bits per heavy atom. The fraction of sp³-hybridized carbons (Fsp3) is 0.600. The highest BCUT2D eigenvalue weighted by molar-refractivity contribution is 6.36. The molecule has 46 heavy (non-hydrogen) atoms. The summed E-state index contributed by atoms with van der Waals surface area (Å²) in [7, 11) is 1.55. The number of nitrogens with zero attached hydrogens (tertiary/aromatic N) is 2. The molecule has 2 fully saturated rings. The molecule has 3 heterocycles. The Balaban J connectivity index is 1.65. The van der Waals surface area contributed by atoms with Crippen LogP contribution in [0.15, 0.2) is 30.5 Å². The van der Waals surface area contributed by atoms with E-state index in [1.165, 1.54) is 6.92 Å². The lowest BCUT2D eigenvalue weighted by Gasteiger charge is -2.39. The lowest BCUT2D eigenvalue weighted by Crippen LogP contribution is -2.61. The van der Waals surface area contributed by atoms with Gasteiger partial charge in [-0.15, -0.1) is 0 Å². The van der Waals surface area contributed by atoms with E-state index in [4.69, 9.17) is 4.84 Å². The zero-order valence-electron chi connectivity index (χ0n) is 27.5. The maximum absolute atomic E-state index is 14.1. The Kier molecular flexibility index (Phi) is 12.1. The lowest BCUT2D eigenvalue weighted by molar-refractivity contribution is -0.147. The maximum Gasteiger partial charge on any atom is 0.246 e. The van der Waals surface area contributed by atoms with E-state index < -0.39 is 47.4 Å². The van der Waals surface area contributed by atoms with E-state index in [1.54, 1.807) is 22.9 Å². The van der Waals surface area contributed by atoms with Crippen molar-refractivity contribution in [1.29, 1.82) is 0 Å². The number of hydrogen-bond donors (Lipinski definition) is 2. The molecule has 2 aliphatic heterocycles. The second-order valence-corrected chi connectivity index (χ2v) is 12.8. The van der Waals surface area contributed by atoms with E-state index in [9.17, 15) is 28.8 Å². The normalized spacial score (nSPS) is 23.5. The molecule has 1 aromatic heterocycles. The number of carbonyl (C=O) groups is 6. The van der Waals surface area contributed by atoms with Crippen molar-refractivity contribution in [3.63, 3.8) is 0 Å². The predicted molar refractivity (Wildman–Crippen MR) is 173 cm³/mol. The Morgan fingerprint density at radius 1 is 1.02 bits per heavy atom. The lowest BCUT2D eigenvalue weighted by atomic mass is 9.87. The topological polar surface area (TPSA) is 144 Å². The van der Waals surface area contributed by atoms with Crippen LogP contribution in [0.25, 0.3) is 10.9 Å². The third-order valence-corrected chi connectivity index (χ3v) is 9.62. The fourth-order valence-electron chi connectivity index (χ4n) is 6.63. The third-order valence-electron chi connectivity index (χ3n) is 9.62. The molecule has 250 valence electrons. The minimum Gasteiger partial charge on any atom is -0.417 e. The molecule has 1 unspecified atom stereocenters. The van der Waals surface area contributed by atoms with E-state index in [0.29, 0.717) is 45.1 Å². The van der Waals surface area contributed by atoms with Crippen LogP contribution in [0.5, 0.6) is 0 Å². The smallest absolute Gasteiger partial charge is 0.246 e. The van der Waals surface area contributed by atoms with Crippen molar-refractivity contribution >= 4 is 46.0 Å². The van der Waals surface area contributed by atoms with E-state index in [-0.39, 0.29) is 36.9 Å². The number of unbranched alkanes of at least 4 members (excludes halogenated alkanes) is 2. The number of carbonyl (C=O) groups excluding carboxylic acids is 6. The summed E-state index contributed by atoms with van der Waals surface area (Å²) in [5.41, 5.74) is 1.60. The number of amides is 3. The van der Waals surface area contributed by atoms with Crippen molar-refractivity contribution in [2.45, 2.75) is 110 Å². The van der Waals surface area contributed by atoms with Crippen LogP contribution in [0, 0.1) is 11.8 Å². The molecule has 3 amide bonds. The highest BCUT2D eigenvalue weighted by Crippen LogP contribution is 2.27. The molecule has 2 aliphatic rings. The van der Waals surface area contributed by atoms with Crippen LogP contribution >= 0.6 is 0 Å². The van der Waals surface area contributed by atoms with E-state index >= 15 is 0 Å². The average molecular weight is 637 g/mol. The highest BCUT2D eigenvalue weighted by atomic mass is 16.6. The molecule has 2 saturated heterocycles. The first-order valence-electron chi connectivity index (χ1n) is 16.7. The van der Waals surface area contributed by atoms with Gasteiger partial charge in [-0.25, -0.2) is 0 Å². The molecule has 2 N–H and O–H groups in total. The summed E-state index contributed by atoms with van der Waals surface area (Å²) in [4.78, 5) is 86.1. The van der Waals surface area contributed by atoms with Gasteiger partial charge >= 0.3 is 0 Å². The molecule has 11 heteroatoms. The van der Waals surface area contributed by atoms with Crippen LogP contribution in [0.3, 0.4) is 0 Å². The minimum atomic E-state index is -1.01. The maximum atomic E-state index is 14.1. The number of nitrogens with one attached hydrogen (secondary N) is 2. The van der Waals surface area contributed by atoms with Crippen molar-refractivity contribution < 1.29 is 33.6 Å². The Labute approximate surface area is 270 Å². The molecule has 2 aromatic rings. The van der Waals surface area contributed by atoms with Crippen LogP contribution in [0.1, 0.15) is 90.5 Å². The summed E-state index contributed by atoms with van der Waals surface area (Å²) >= 11 is 0. The largest absolute Gasteiger partial charge is 0.417 e. The summed E-state index contributed by atoms with van der Waals surface area (Å²) in [6, 6.07) is 5.13. The molecule has 1 aromatic carbocycles. The van der Waals surface area contributed by atoms with Crippen molar-refractivity contribution in [1.82, 2.24) is 20.3 Å². The first-order chi connectivity index (χ1) is 22.0. The van der Waals surface area contributed by atoms with Gasteiger partial charge in [-0.05, 0) is 49.7 Å². The second kappa shape index (κ2) is 16.0. The summed E-state index contributed by atoms with van der Waals surface area (Å²) in [6.07, 6.45) is 6.86. The number of hydrogen-bond acceptors (Lipinski definition) is 7. The van der Waals surface area contributed by atoms with Crippen molar-refractivity contribution in [3.8, 4) is 0 Å². The number of para-hydroxylation sites is 1. The van der Waals surface area contributed by atoms with Gasteiger partial charge in [0, 0.05) is 50.2 Å². The Morgan fingerprint density at radius 3 is 2.50 bits per heavy atom. The number of piperidine rings is 1. The van der Waals surface area contributed by atoms with Gasteiger partial charge in [-0.1, -0.05) is 51.3 Å². The highest BCUT2D eigenvalue weighted by Gasteiger charge is 2.41. The molecule has 0 spiro atoms. The summed E-state index contributed by atoms with van der Waals surface area (Å²) in [5.74, 6) is -3.03. The molecule has 5 atom stereocenters. The predicted octanol–water partition coefficient (Wildman–Crippen LogP) is 3.34. The average Bonchev–Trinajstić information content (AvgIpc) is 3.41. The third kappa shape index (κ3) is 8.22. The fourth-order valence-corrected chi connectivity index (χ4v) is 6.63. The zero-order valence-corrected chi connectivity index (χ0v) is 27.5. The van der Waals surface area contributed by atoms with Gasteiger partial charge in [0.05, 0.1) is 11.6 Å². The summed E-state index contributed by atoms with van der Waals surface area (Å²) < 4.78 is 1.61. The molecule has 0 bridgehead atoms. The summed E-state index contributed by atoms with van der Waals surface area (Å²) in [5, 5.41) is 6.81. The van der Waals surface area contributed by atoms with Gasteiger partial charge in [0.15, 0.2) is 17.3 Å². The van der Waals surface area contributed by atoms with Gasteiger partial charge in [0.1, 0.15) is 19.2 Å². The number of benzene rings is 1. The molecule has 0 aliphatic carbocycles. The van der Waals surface area contributed by atoms with E-state index in [1.807, 2.05) is 38.1 Å². The molecular weight excluding hydrogens is 588 g/mol. The van der Waals surface area contributed by atoms with Gasteiger partial charge in [-0.2, -0.15) is 4.73 Å². The van der Waals surface area contributed by atoms with Crippen LogP contribution in [-0.4, -0.2) is 76.5 Å². The summed E-state index contributed by atoms with van der Waals surface area (Å²) in [6.45, 7) is 5.56. The van der Waals surface area contributed by atoms with Gasteiger partial charge in [0.25, 0.3) is 0 Å². The van der Waals surface area contributed by atoms with Crippen LogP contribution in [-0.2, 0) is 35.2 Å². The van der Waals surface area contributed by atoms with Crippen molar-refractivity contribution in [2.24, 2.45) is 11.8 Å². The number of Topliss-reactive ketones (excluding diaryl/α,β-unsaturated/α-hetero) is 3. The molecule has 0 radical (unpaired) electrons. The van der Waals surface area contributed by atoms with Gasteiger partial charge < -0.3 is 20.4 Å². The number of ketones is 3. The molecule has 0 saturated carbocycles. The van der Waals surface area contributed by atoms with Gasteiger partial charge in [-0.3, -0.25) is 28.8 Å². The Hall–Kier alpha value is -4.02. The molecule has 11 nitrogen and oxygen atoms in total. The zero-order chi connectivity index (χ0) is 33.4. The Bertz CT molecular complexity index is 1450. The minimum absolute atomic E-state index is 0.0437. The van der Waals surface area contributed by atoms with E-state index in [2.05, 4.69) is 10.6 Å². The molecule has 4 rings (SSSR count). The number of rotatable bonds is 12. The molecular formula is C35H48N4O7. The van der Waals surface area contributed by atoms with Crippen LogP contribution in [0.2, 0.25) is 0 Å². The van der Waals surface area contributed by atoms with Crippen molar-refractivity contribution in [2.75, 3.05) is 13.7 Å². The standard InChI is InChI=1S/C35H48N4O7/c1-5-22(2)32-35(45)38-18-12-11-16-29(38)31(42)20-24(13-7-6-8-17-30(41)23(3)40)33(43)36-27(34(44)37-32)19-25-21-39(46-4)28-15-10-9-14-26(25)28/h9-10,14-15,21-22,24,27,29,32H,5-8,11-13,16-20H2,1-4H3,(H,36,43)(H,37,44)/t22?,24-,27+,29-,32+/m1/s1. The van der Waals surface area contributed by atoms with Crippen LogP contribution < -0.4 is 15.5 Å². The monoisotopic (exact) mass is 636 g/mol. The van der Waals surface area contributed by atoms with Crippen molar-refractivity contribution in [3.05, 3.63) is 36.0 Å². The van der Waals surface area contributed by atoms with Crippen LogP contribution in [0.4, 0.5) is 0 Å². The SMILES string of the molecule is CCC(C)[C@@H]1NC(=O)[C@H](Cc2cn(OC)c3ccccc23)NC(=O)[C@H](CCCCCC(=O)C(C)=O)CC(=O)[C@H]2CCCCN2C1=O. The second-order valence-electron chi connectivity index (χ2n) is 12.8. The van der Waals surface area contributed by atoms with Gasteiger partial charge in [0.2, 0.25) is 17.7 Å². The number of aromatic nitrogens is 1. The first kappa shape index (κ1) is 34.8. The number of fused-ring (bicyclic) bond motifs is 2. The first-order valence-corrected chi connectivity index (χ1v) is 16.7. The quantitative estimate of drug-likeness (QED) is 0.269. The van der Waals surface area contributed by atoms with E-state index in [0.717, 1.165) is 29.3 Å².